The van der Waals surface area contributed by atoms with Crippen LogP contribution in [0.5, 0.6) is 0 Å². The van der Waals surface area contributed by atoms with Crippen LogP contribution >= 0.6 is 0 Å². The zero-order valence-corrected chi connectivity index (χ0v) is 13.5. The Kier molecular flexibility index (Phi) is 3.43. The van der Waals surface area contributed by atoms with Gasteiger partial charge in [0.25, 0.3) is 0 Å². The number of fused-ring (bicyclic) bond motifs is 2. The van der Waals surface area contributed by atoms with Crippen molar-refractivity contribution in [2.75, 3.05) is 18.0 Å². The van der Waals surface area contributed by atoms with Crippen molar-refractivity contribution in [3.05, 3.63) is 29.8 Å². The van der Waals surface area contributed by atoms with Crippen molar-refractivity contribution < 1.29 is 19.1 Å². The van der Waals surface area contributed by atoms with E-state index in [1.54, 1.807) is 45.0 Å². The fraction of sp³-hybridized carbons (Fsp3) is 0.471. The number of anilines is 1. The smallest absolute Gasteiger partial charge is 0.414 e. The highest BCUT2D eigenvalue weighted by atomic mass is 16.6. The molecule has 2 aliphatic heterocycles. The summed E-state index contributed by atoms with van der Waals surface area (Å²) in [6.07, 6.45) is -0.282. The summed E-state index contributed by atoms with van der Waals surface area (Å²) in [5, 5.41) is 2.76. The van der Waals surface area contributed by atoms with Crippen LogP contribution in [0.4, 0.5) is 10.5 Å². The number of amides is 2. The van der Waals surface area contributed by atoms with Crippen LogP contribution in [-0.2, 0) is 19.7 Å². The van der Waals surface area contributed by atoms with Crippen molar-refractivity contribution in [3.8, 4) is 0 Å². The van der Waals surface area contributed by atoms with Gasteiger partial charge < -0.3 is 10.1 Å². The number of benzene rings is 1. The number of piperidine rings is 1. The number of carbonyl (C=O) groups is 3. The first-order valence-electron chi connectivity index (χ1n) is 7.67. The summed E-state index contributed by atoms with van der Waals surface area (Å²) in [7, 11) is 0. The number of nitrogens with one attached hydrogen (secondary N) is 1. The monoisotopic (exact) mass is 316 g/mol. The van der Waals surface area contributed by atoms with Crippen molar-refractivity contribution in [1.29, 1.82) is 0 Å². The van der Waals surface area contributed by atoms with E-state index in [2.05, 4.69) is 5.32 Å². The molecule has 0 aromatic heterocycles. The van der Waals surface area contributed by atoms with Gasteiger partial charge in [-0.1, -0.05) is 18.2 Å². The van der Waals surface area contributed by atoms with Gasteiger partial charge in [0.2, 0.25) is 5.91 Å². The minimum atomic E-state index is -1.31. The SMILES string of the molecule is CC(C)(C)OC(=O)N1CC2(C(=O)CCNC2=O)c2ccccc21. The largest absolute Gasteiger partial charge is 0.443 e. The molecule has 1 N–H and O–H groups in total. The minimum Gasteiger partial charge on any atom is -0.443 e. The van der Waals surface area contributed by atoms with Crippen molar-refractivity contribution in [2.45, 2.75) is 38.2 Å². The molecule has 0 radical (unpaired) electrons. The Morgan fingerprint density at radius 2 is 1.96 bits per heavy atom. The maximum atomic E-state index is 12.6. The van der Waals surface area contributed by atoms with E-state index in [0.29, 0.717) is 17.8 Å². The quantitative estimate of drug-likeness (QED) is 0.740. The number of carbonyl (C=O) groups excluding carboxylic acids is 3. The predicted molar refractivity (Wildman–Crippen MR) is 84.3 cm³/mol. The Hall–Kier alpha value is -2.37. The number of ether oxygens (including phenoxy) is 1. The fourth-order valence-corrected chi connectivity index (χ4v) is 3.17. The third-order valence-electron chi connectivity index (χ3n) is 4.17. The van der Waals surface area contributed by atoms with E-state index in [4.69, 9.17) is 4.74 Å². The fourth-order valence-electron chi connectivity index (χ4n) is 3.17. The molecule has 1 aromatic rings. The lowest BCUT2D eigenvalue weighted by atomic mass is 9.74. The number of ketones is 1. The molecule has 1 unspecified atom stereocenters. The molecular weight excluding hydrogens is 296 g/mol. The molecule has 2 heterocycles. The Labute approximate surface area is 134 Å². The van der Waals surface area contributed by atoms with Gasteiger partial charge in [0, 0.05) is 18.5 Å². The first kappa shape index (κ1) is 15.5. The molecule has 3 rings (SSSR count). The third-order valence-corrected chi connectivity index (χ3v) is 4.17. The topological polar surface area (TPSA) is 75.7 Å². The van der Waals surface area contributed by atoms with E-state index in [1.807, 2.05) is 0 Å². The zero-order chi connectivity index (χ0) is 16.8. The Bertz CT molecular complexity index is 674. The average molecular weight is 316 g/mol. The second-order valence-corrected chi connectivity index (χ2v) is 6.92. The van der Waals surface area contributed by atoms with Gasteiger partial charge in [-0.15, -0.1) is 0 Å². The molecule has 6 nitrogen and oxygen atoms in total. The molecule has 1 spiro atoms. The molecule has 2 aliphatic rings. The molecule has 23 heavy (non-hydrogen) atoms. The normalized spacial score (nSPS) is 23.7. The van der Waals surface area contributed by atoms with Crippen molar-refractivity contribution in [3.63, 3.8) is 0 Å². The number of para-hydroxylation sites is 1. The van der Waals surface area contributed by atoms with Crippen LogP contribution in [0.15, 0.2) is 24.3 Å². The summed E-state index contributed by atoms with van der Waals surface area (Å²) in [4.78, 5) is 39.1. The van der Waals surface area contributed by atoms with Crippen LogP contribution in [0.2, 0.25) is 0 Å². The molecule has 1 saturated heterocycles. The van der Waals surface area contributed by atoms with Gasteiger partial charge in [0.05, 0.1) is 12.2 Å². The average Bonchev–Trinajstić information content (AvgIpc) is 2.80. The highest BCUT2D eigenvalue weighted by Gasteiger charge is 2.56. The van der Waals surface area contributed by atoms with Crippen LogP contribution < -0.4 is 10.2 Å². The third kappa shape index (κ3) is 2.38. The van der Waals surface area contributed by atoms with E-state index in [9.17, 15) is 14.4 Å². The van der Waals surface area contributed by atoms with E-state index in [1.165, 1.54) is 4.90 Å². The van der Waals surface area contributed by atoms with E-state index in [-0.39, 0.29) is 24.7 Å². The maximum Gasteiger partial charge on any atom is 0.414 e. The lowest BCUT2D eigenvalue weighted by Gasteiger charge is -2.31. The summed E-state index contributed by atoms with van der Waals surface area (Å²) in [5.41, 5.74) is -0.827. The van der Waals surface area contributed by atoms with Gasteiger partial charge in [-0.2, -0.15) is 0 Å². The van der Waals surface area contributed by atoms with E-state index < -0.39 is 17.1 Å². The summed E-state index contributed by atoms with van der Waals surface area (Å²) >= 11 is 0. The molecule has 0 saturated carbocycles. The van der Waals surface area contributed by atoms with Crippen LogP contribution in [0, 0.1) is 0 Å². The van der Waals surface area contributed by atoms with Crippen LogP contribution in [0.3, 0.4) is 0 Å². The van der Waals surface area contributed by atoms with Crippen LogP contribution in [0.1, 0.15) is 32.8 Å². The molecule has 6 heteroatoms. The molecule has 0 bridgehead atoms. The lowest BCUT2D eigenvalue weighted by molar-refractivity contribution is -0.138. The second kappa shape index (κ2) is 5.08. The van der Waals surface area contributed by atoms with E-state index >= 15 is 0 Å². The molecule has 1 aromatic carbocycles. The summed E-state index contributed by atoms with van der Waals surface area (Å²) in [6.45, 7) is 5.67. The van der Waals surface area contributed by atoms with Gasteiger partial charge in [-0.25, -0.2) is 4.79 Å². The summed E-state index contributed by atoms with van der Waals surface area (Å²) < 4.78 is 5.43. The molecule has 122 valence electrons. The van der Waals surface area contributed by atoms with Gasteiger partial charge >= 0.3 is 6.09 Å². The van der Waals surface area contributed by atoms with Gasteiger partial charge in [-0.3, -0.25) is 14.5 Å². The number of rotatable bonds is 0. The molecule has 2 amide bonds. The summed E-state index contributed by atoms with van der Waals surface area (Å²) in [5.74, 6) is -0.494. The standard InChI is InChI=1S/C17H20N2O4/c1-16(2,3)23-15(22)19-10-17(11-6-4-5-7-12(11)19)13(20)8-9-18-14(17)21/h4-7H,8-10H2,1-3H3,(H,18,21). The van der Waals surface area contributed by atoms with E-state index in [0.717, 1.165) is 0 Å². The highest BCUT2D eigenvalue weighted by molar-refractivity contribution is 6.18. The summed E-state index contributed by atoms with van der Waals surface area (Å²) in [6, 6.07) is 7.03. The number of hydrogen-bond acceptors (Lipinski definition) is 4. The van der Waals surface area contributed by atoms with Crippen LogP contribution in [-0.4, -0.2) is 36.5 Å². The molecule has 1 fully saturated rings. The molecular formula is C17H20N2O4. The maximum absolute atomic E-state index is 12.6. The van der Waals surface area contributed by atoms with Gasteiger partial charge in [0.1, 0.15) is 5.60 Å². The molecule has 0 aliphatic carbocycles. The number of Topliss-reactive ketones (excluding diaryl/α,β-unsaturated/α-hetero) is 1. The Balaban J connectivity index is 2.06. The first-order chi connectivity index (χ1) is 10.8. The van der Waals surface area contributed by atoms with Crippen LogP contribution in [0.25, 0.3) is 0 Å². The number of nitrogens with zero attached hydrogens (tertiary/aromatic N) is 1. The second-order valence-electron chi connectivity index (χ2n) is 6.92. The van der Waals surface area contributed by atoms with Crippen molar-refractivity contribution in [1.82, 2.24) is 5.32 Å². The zero-order valence-electron chi connectivity index (χ0n) is 13.5. The lowest BCUT2D eigenvalue weighted by Crippen LogP contribution is -2.58. The Morgan fingerprint density at radius 1 is 1.26 bits per heavy atom. The highest BCUT2D eigenvalue weighted by Crippen LogP contribution is 2.43. The molecule has 1 atom stereocenters. The van der Waals surface area contributed by atoms with Crippen molar-refractivity contribution in [2.24, 2.45) is 0 Å². The first-order valence-corrected chi connectivity index (χ1v) is 7.67. The van der Waals surface area contributed by atoms with Gasteiger partial charge in [-0.05, 0) is 26.8 Å². The predicted octanol–water partition coefficient (Wildman–Crippen LogP) is 1.77. The van der Waals surface area contributed by atoms with Gasteiger partial charge in [0.15, 0.2) is 11.2 Å². The minimum absolute atomic E-state index is 0.00801. The number of hydrogen-bond donors (Lipinski definition) is 1. The Morgan fingerprint density at radius 3 is 2.61 bits per heavy atom. The van der Waals surface area contributed by atoms with Crippen molar-refractivity contribution >= 4 is 23.5 Å².